The molecule has 1 aliphatic heterocycles. The zero-order valence-corrected chi connectivity index (χ0v) is 18.4. The maximum atomic E-state index is 12.5. The number of hydrogen-bond donors (Lipinski definition) is 3. The van der Waals surface area contributed by atoms with E-state index in [0.29, 0.717) is 42.6 Å². The Morgan fingerprint density at radius 3 is 2.47 bits per heavy atom. The Bertz CT molecular complexity index is 1060. The van der Waals surface area contributed by atoms with Crippen LogP contribution >= 0.6 is 11.3 Å². The van der Waals surface area contributed by atoms with Crippen LogP contribution in [0.1, 0.15) is 32.0 Å². The van der Waals surface area contributed by atoms with Gasteiger partial charge in [-0.1, -0.05) is 0 Å². The topological polar surface area (TPSA) is 130 Å². The summed E-state index contributed by atoms with van der Waals surface area (Å²) >= 11 is 1.34. The van der Waals surface area contributed by atoms with Gasteiger partial charge in [0.15, 0.2) is 5.13 Å². The molecular weight excluding hydrogens is 430 g/mol. The van der Waals surface area contributed by atoms with Crippen molar-refractivity contribution in [1.82, 2.24) is 20.6 Å². The van der Waals surface area contributed by atoms with Crippen molar-refractivity contribution < 1.29 is 22.7 Å². The highest BCUT2D eigenvalue weighted by atomic mass is 32.2. The molecule has 0 aliphatic carbocycles. The van der Waals surface area contributed by atoms with E-state index in [1.807, 2.05) is 4.90 Å². The third-order valence-corrected chi connectivity index (χ3v) is 7.18. The van der Waals surface area contributed by atoms with Crippen molar-refractivity contribution in [2.45, 2.75) is 18.7 Å². The molecule has 0 radical (unpaired) electrons. The number of rotatable bonds is 5. The van der Waals surface area contributed by atoms with Crippen LogP contribution in [-0.2, 0) is 14.8 Å². The number of benzene rings is 1. The molecule has 1 aromatic carbocycles. The minimum atomic E-state index is -3.73. The minimum absolute atomic E-state index is 0.0103. The number of nitrogens with zero attached hydrogens (tertiary/aromatic N) is 2. The monoisotopic (exact) mass is 453 g/mol. The van der Waals surface area contributed by atoms with Crippen LogP contribution in [0.15, 0.2) is 22.4 Å². The van der Waals surface area contributed by atoms with Crippen molar-refractivity contribution >= 4 is 38.3 Å². The molecule has 0 spiro atoms. The van der Waals surface area contributed by atoms with E-state index < -0.39 is 21.8 Å². The lowest BCUT2D eigenvalue weighted by atomic mass is 10.1. The van der Waals surface area contributed by atoms with E-state index in [1.54, 1.807) is 25.3 Å². The SMILES string of the molecule is CNS(=O)(=O)c1cc(C(=O)NNC(=O)c2csc(N3CCOCC3)n2)cc(C)c1C. The smallest absolute Gasteiger partial charge is 0.289 e. The number of morpholine rings is 1. The van der Waals surface area contributed by atoms with Gasteiger partial charge in [-0.05, 0) is 44.2 Å². The molecule has 1 saturated heterocycles. The van der Waals surface area contributed by atoms with Gasteiger partial charge in [0.05, 0.1) is 18.1 Å². The van der Waals surface area contributed by atoms with Crippen LogP contribution in [0.5, 0.6) is 0 Å². The van der Waals surface area contributed by atoms with Crippen LogP contribution < -0.4 is 20.5 Å². The first-order chi connectivity index (χ1) is 14.2. The van der Waals surface area contributed by atoms with Crippen molar-refractivity contribution in [3.63, 3.8) is 0 Å². The summed E-state index contributed by atoms with van der Waals surface area (Å²) in [4.78, 5) is 31.2. The highest BCUT2D eigenvalue weighted by molar-refractivity contribution is 7.89. The van der Waals surface area contributed by atoms with E-state index in [2.05, 4.69) is 20.6 Å². The van der Waals surface area contributed by atoms with E-state index in [-0.39, 0.29) is 16.2 Å². The molecule has 3 N–H and O–H groups in total. The van der Waals surface area contributed by atoms with Crippen LogP contribution in [-0.4, -0.2) is 58.6 Å². The van der Waals surface area contributed by atoms with Gasteiger partial charge in [0.2, 0.25) is 10.0 Å². The second-order valence-corrected chi connectivity index (χ2v) is 9.34. The van der Waals surface area contributed by atoms with E-state index in [4.69, 9.17) is 4.74 Å². The normalized spacial score (nSPS) is 14.4. The number of amides is 2. The summed E-state index contributed by atoms with van der Waals surface area (Å²) in [7, 11) is -2.43. The zero-order chi connectivity index (χ0) is 21.9. The van der Waals surface area contributed by atoms with Gasteiger partial charge >= 0.3 is 0 Å². The Morgan fingerprint density at radius 1 is 1.13 bits per heavy atom. The third-order valence-electron chi connectivity index (χ3n) is 4.74. The molecule has 0 atom stereocenters. The van der Waals surface area contributed by atoms with Gasteiger partial charge in [0.1, 0.15) is 5.69 Å². The van der Waals surface area contributed by atoms with Gasteiger partial charge in [-0.3, -0.25) is 20.4 Å². The van der Waals surface area contributed by atoms with Gasteiger partial charge in [0, 0.05) is 24.0 Å². The molecule has 0 bridgehead atoms. The minimum Gasteiger partial charge on any atom is -0.378 e. The Labute approximate surface area is 178 Å². The molecular formula is C18H23N5O5S2. The number of sulfonamides is 1. The Hall–Kier alpha value is -2.54. The van der Waals surface area contributed by atoms with Crippen LogP contribution in [0, 0.1) is 13.8 Å². The maximum Gasteiger partial charge on any atom is 0.289 e. The van der Waals surface area contributed by atoms with Gasteiger partial charge < -0.3 is 9.64 Å². The fraction of sp³-hybridized carbons (Fsp3) is 0.389. The molecule has 30 heavy (non-hydrogen) atoms. The average molecular weight is 454 g/mol. The second-order valence-electron chi connectivity index (χ2n) is 6.65. The quantitative estimate of drug-likeness (QED) is 0.565. The first kappa shape index (κ1) is 22.2. The van der Waals surface area contributed by atoms with Gasteiger partial charge in [-0.15, -0.1) is 11.3 Å². The molecule has 1 aromatic heterocycles. The summed E-state index contributed by atoms with van der Waals surface area (Å²) < 4.78 is 31.9. The van der Waals surface area contributed by atoms with Crippen LogP contribution in [0.3, 0.4) is 0 Å². The molecule has 0 unspecified atom stereocenters. The van der Waals surface area contributed by atoms with E-state index in [1.165, 1.54) is 24.5 Å². The third kappa shape index (κ3) is 4.78. The number of carbonyl (C=O) groups is 2. The van der Waals surface area contributed by atoms with Crippen molar-refractivity contribution in [3.8, 4) is 0 Å². The number of anilines is 1. The summed E-state index contributed by atoms with van der Waals surface area (Å²) in [5, 5.41) is 2.32. The van der Waals surface area contributed by atoms with Crippen LogP contribution in [0.25, 0.3) is 0 Å². The van der Waals surface area contributed by atoms with Crippen LogP contribution in [0.2, 0.25) is 0 Å². The summed E-state index contributed by atoms with van der Waals surface area (Å²) in [5.41, 5.74) is 6.10. The summed E-state index contributed by atoms with van der Waals surface area (Å²) in [5.74, 6) is -1.20. The predicted molar refractivity (Wildman–Crippen MR) is 112 cm³/mol. The zero-order valence-electron chi connectivity index (χ0n) is 16.8. The van der Waals surface area contributed by atoms with E-state index in [0.717, 1.165) is 0 Å². The van der Waals surface area contributed by atoms with E-state index in [9.17, 15) is 18.0 Å². The molecule has 2 aromatic rings. The Balaban J connectivity index is 1.68. The summed E-state index contributed by atoms with van der Waals surface area (Å²) in [6, 6.07) is 2.83. The highest BCUT2D eigenvalue weighted by Crippen LogP contribution is 2.22. The molecule has 2 heterocycles. The molecule has 0 saturated carbocycles. The largest absolute Gasteiger partial charge is 0.378 e. The van der Waals surface area contributed by atoms with E-state index >= 15 is 0 Å². The van der Waals surface area contributed by atoms with Crippen molar-refractivity contribution in [2.75, 3.05) is 38.3 Å². The van der Waals surface area contributed by atoms with Gasteiger partial charge in [-0.25, -0.2) is 18.1 Å². The molecule has 3 rings (SSSR count). The molecule has 162 valence electrons. The number of hydrazine groups is 1. The highest BCUT2D eigenvalue weighted by Gasteiger charge is 2.21. The number of carbonyl (C=O) groups excluding carboxylic acids is 2. The first-order valence-corrected chi connectivity index (χ1v) is 11.5. The number of aromatic nitrogens is 1. The number of aryl methyl sites for hydroxylation is 1. The lowest BCUT2D eigenvalue weighted by Gasteiger charge is -2.25. The number of thiazole rings is 1. The second kappa shape index (κ2) is 9.08. The van der Waals surface area contributed by atoms with Crippen molar-refractivity contribution in [1.29, 1.82) is 0 Å². The maximum absolute atomic E-state index is 12.5. The lowest BCUT2D eigenvalue weighted by Crippen LogP contribution is -2.42. The molecule has 10 nitrogen and oxygen atoms in total. The standard InChI is InChI=1S/C18H23N5O5S2/c1-11-8-13(9-15(12(11)2)30(26,27)19-3)16(24)21-22-17(25)14-10-29-18(20-14)23-4-6-28-7-5-23/h8-10,19H,4-7H2,1-3H3,(H,21,24)(H,22,25). The van der Waals surface area contributed by atoms with Crippen molar-refractivity contribution in [3.05, 3.63) is 39.9 Å². The van der Waals surface area contributed by atoms with Gasteiger partial charge in [-0.2, -0.15) is 0 Å². The summed E-state index contributed by atoms with van der Waals surface area (Å²) in [6.45, 7) is 6.00. The summed E-state index contributed by atoms with van der Waals surface area (Å²) in [6.07, 6.45) is 0. The predicted octanol–water partition coefficient (Wildman–Crippen LogP) is 0.579. The number of nitrogens with one attached hydrogen (secondary N) is 3. The Kier molecular flexibility index (Phi) is 6.71. The molecule has 2 amide bonds. The first-order valence-electron chi connectivity index (χ1n) is 9.16. The van der Waals surface area contributed by atoms with Gasteiger partial charge in [0.25, 0.3) is 11.8 Å². The molecule has 12 heteroatoms. The average Bonchev–Trinajstić information content (AvgIpc) is 3.24. The Morgan fingerprint density at radius 2 is 1.80 bits per heavy atom. The van der Waals surface area contributed by atoms with Crippen LogP contribution in [0.4, 0.5) is 5.13 Å². The molecule has 1 fully saturated rings. The fourth-order valence-electron chi connectivity index (χ4n) is 2.87. The number of hydrogen-bond acceptors (Lipinski definition) is 8. The molecule has 1 aliphatic rings. The lowest BCUT2D eigenvalue weighted by molar-refractivity contribution is 0.0844. The number of ether oxygens (including phenoxy) is 1. The fourth-order valence-corrected chi connectivity index (χ4v) is 4.79. The van der Waals surface area contributed by atoms with Crippen molar-refractivity contribution in [2.24, 2.45) is 0 Å².